The molecular formula is C39H53NO11S. The van der Waals surface area contributed by atoms with Crippen LogP contribution in [0.1, 0.15) is 87.9 Å². The number of rotatable bonds is 16. The highest BCUT2D eigenvalue weighted by molar-refractivity contribution is 7.92. The van der Waals surface area contributed by atoms with Crippen LogP contribution in [-0.4, -0.2) is 73.5 Å². The van der Waals surface area contributed by atoms with Gasteiger partial charge in [-0.1, -0.05) is 65.3 Å². The van der Waals surface area contributed by atoms with Crippen LogP contribution in [0, 0.1) is 10.8 Å². The molecule has 0 aliphatic carbocycles. The molecule has 0 radical (unpaired) electrons. The van der Waals surface area contributed by atoms with Gasteiger partial charge in [0.25, 0.3) is 0 Å². The first-order valence-electron chi connectivity index (χ1n) is 17.5. The maximum Gasteiger partial charge on any atom is 0.232 e. The molecule has 3 aromatic rings. The van der Waals surface area contributed by atoms with Crippen molar-refractivity contribution in [3.8, 4) is 11.5 Å². The van der Waals surface area contributed by atoms with E-state index in [0.29, 0.717) is 72.2 Å². The fourth-order valence-electron chi connectivity index (χ4n) is 6.05. The van der Waals surface area contributed by atoms with E-state index in [1.54, 1.807) is 48.5 Å². The fraction of sp³-hybridized carbons (Fsp3) is 0.538. The lowest BCUT2D eigenvalue weighted by Gasteiger charge is -2.37. The average Bonchev–Trinajstić information content (AvgIpc) is 3.12. The van der Waals surface area contributed by atoms with E-state index in [1.165, 1.54) is 14.2 Å². The second-order valence-corrected chi connectivity index (χ2v) is 16.8. The van der Waals surface area contributed by atoms with Crippen LogP contribution < -0.4 is 14.2 Å². The largest absolute Gasteiger partial charge is 0.467 e. The summed E-state index contributed by atoms with van der Waals surface area (Å²) in [4.78, 5) is 0. The number of benzene rings is 3. The van der Waals surface area contributed by atoms with E-state index in [9.17, 15) is 13.5 Å². The number of aliphatic hydroxyl groups is 1. The van der Waals surface area contributed by atoms with Gasteiger partial charge in [-0.3, -0.25) is 4.72 Å². The third kappa shape index (κ3) is 9.63. The zero-order valence-corrected chi connectivity index (χ0v) is 32.0. The van der Waals surface area contributed by atoms with Crippen molar-refractivity contribution in [2.75, 3.05) is 64.7 Å². The van der Waals surface area contributed by atoms with Gasteiger partial charge in [0.1, 0.15) is 17.1 Å². The van der Waals surface area contributed by atoms with Crippen molar-refractivity contribution in [1.82, 2.24) is 0 Å². The van der Waals surface area contributed by atoms with E-state index in [4.69, 9.17) is 37.9 Å². The zero-order valence-electron chi connectivity index (χ0n) is 31.2. The van der Waals surface area contributed by atoms with Gasteiger partial charge in [0, 0.05) is 53.0 Å². The molecule has 0 aromatic heterocycles. The highest BCUT2D eigenvalue weighted by atomic mass is 32.2. The lowest BCUT2D eigenvalue weighted by Crippen LogP contribution is -2.35. The smallest absolute Gasteiger partial charge is 0.232 e. The monoisotopic (exact) mass is 743 g/mol. The fourth-order valence-corrected chi connectivity index (χ4v) is 7.31. The molecule has 2 aliphatic heterocycles. The Hall–Kier alpha value is -3.27. The first-order valence-corrected chi connectivity index (χ1v) is 19.2. The summed E-state index contributed by atoms with van der Waals surface area (Å²) in [6.45, 7) is 11.8. The van der Waals surface area contributed by atoms with Gasteiger partial charge < -0.3 is 43.0 Å². The van der Waals surface area contributed by atoms with Crippen LogP contribution in [0.4, 0.5) is 5.69 Å². The van der Waals surface area contributed by atoms with E-state index in [0.717, 1.165) is 6.42 Å². The molecular weight excluding hydrogens is 690 g/mol. The predicted octanol–water partition coefficient (Wildman–Crippen LogP) is 6.62. The van der Waals surface area contributed by atoms with E-state index in [2.05, 4.69) is 32.4 Å². The summed E-state index contributed by atoms with van der Waals surface area (Å²) in [6.07, 6.45) is -0.205. The highest BCUT2D eigenvalue weighted by Gasteiger charge is 2.42. The van der Waals surface area contributed by atoms with Crippen molar-refractivity contribution in [1.29, 1.82) is 0 Å². The van der Waals surface area contributed by atoms with E-state index < -0.39 is 28.2 Å². The van der Waals surface area contributed by atoms with Crippen LogP contribution >= 0.6 is 0 Å². The van der Waals surface area contributed by atoms with Gasteiger partial charge in [-0.25, -0.2) is 8.42 Å². The van der Waals surface area contributed by atoms with Crippen LogP contribution in [0.2, 0.25) is 0 Å². The standard InChI is InChI=1S/C39H53NO11S/c1-8-9-17-52(42,43)40-30-12-10-11-29(20-30)39(41,31-18-27(13-15-33(31)50-25-44-6)35-46-21-37(2,3)22-47-35)32-19-28(14-16-34(32)51-26-45-7)36-48-23-38(4,5)24-49-36/h10-16,18-20,35-36,40-41H,8-9,17,21-26H2,1-7H3. The summed E-state index contributed by atoms with van der Waals surface area (Å²) in [7, 11) is -0.660. The van der Waals surface area contributed by atoms with Crippen LogP contribution in [0.5, 0.6) is 11.5 Å². The lowest BCUT2D eigenvalue weighted by molar-refractivity contribution is -0.226. The molecule has 0 atom stereocenters. The topological polar surface area (TPSA) is 140 Å². The van der Waals surface area contributed by atoms with Gasteiger partial charge in [0.05, 0.1) is 32.2 Å². The minimum atomic E-state index is -3.67. The number of hydrogen-bond donors (Lipinski definition) is 2. The van der Waals surface area contributed by atoms with Crippen LogP contribution in [0.15, 0.2) is 60.7 Å². The van der Waals surface area contributed by atoms with Gasteiger partial charge in [0.15, 0.2) is 26.2 Å². The van der Waals surface area contributed by atoms with Crippen LogP contribution in [-0.2, 0) is 44.0 Å². The second-order valence-electron chi connectivity index (χ2n) is 14.9. The number of ether oxygens (including phenoxy) is 8. The Morgan fingerprint density at radius 2 is 1.25 bits per heavy atom. The summed E-state index contributed by atoms with van der Waals surface area (Å²) in [5.41, 5.74) is 0.0968. The summed E-state index contributed by atoms with van der Waals surface area (Å²) in [5.74, 6) is 0.559. The molecule has 2 saturated heterocycles. The SMILES string of the molecule is CCCCS(=O)(=O)Nc1cccc(C(O)(c2cc(C3OCC(C)(C)CO3)ccc2OCOC)c2cc(C3OCC(C)(C)CO3)ccc2OCOC)c1. The summed E-state index contributed by atoms with van der Waals surface area (Å²) in [5, 5.41) is 13.6. The first-order chi connectivity index (χ1) is 24.7. The van der Waals surface area contributed by atoms with Gasteiger partial charge in [0.2, 0.25) is 10.0 Å². The minimum absolute atomic E-state index is 0.0392. The van der Waals surface area contributed by atoms with Gasteiger partial charge in [-0.2, -0.15) is 0 Å². The number of anilines is 1. The molecule has 2 heterocycles. The highest BCUT2D eigenvalue weighted by Crippen LogP contribution is 2.48. The molecule has 3 aromatic carbocycles. The Labute approximate surface area is 307 Å². The summed E-state index contributed by atoms with van der Waals surface area (Å²) in [6, 6.07) is 17.3. The lowest BCUT2D eigenvalue weighted by atomic mass is 9.78. The molecule has 286 valence electrons. The van der Waals surface area contributed by atoms with Gasteiger partial charge in [-0.15, -0.1) is 0 Å². The molecule has 12 nitrogen and oxygen atoms in total. The Bertz CT molecular complexity index is 1660. The second kappa shape index (κ2) is 16.8. The quantitative estimate of drug-likeness (QED) is 0.121. The van der Waals surface area contributed by atoms with Crippen LogP contribution in [0.3, 0.4) is 0 Å². The normalized spacial score (nSPS) is 18.2. The third-order valence-corrected chi connectivity index (χ3v) is 10.2. The van der Waals surface area contributed by atoms with E-state index in [1.807, 2.05) is 19.1 Å². The molecule has 13 heteroatoms. The molecule has 2 N–H and O–H groups in total. The molecule has 2 fully saturated rings. The zero-order chi connectivity index (χ0) is 37.6. The maximum absolute atomic E-state index is 13.6. The molecule has 0 unspecified atom stereocenters. The molecule has 0 spiro atoms. The Balaban J connectivity index is 1.74. The van der Waals surface area contributed by atoms with E-state index in [-0.39, 0.29) is 35.9 Å². The molecule has 0 saturated carbocycles. The Morgan fingerprint density at radius 1 is 0.769 bits per heavy atom. The van der Waals surface area contributed by atoms with Gasteiger partial charge >= 0.3 is 0 Å². The molecule has 5 rings (SSSR count). The van der Waals surface area contributed by atoms with Crippen LogP contribution in [0.25, 0.3) is 0 Å². The van der Waals surface area contributed by atoms with Crippen molar-refractivity contribution < 1.29 is 51.4 Å². The number of sulfonamides is 1. The first kappa shape index (κ1) is 39.9. The Kier molecular flexibility index (Phi) is 12.9. The van der Waals surface area contributed by atoms with Crippen molar-refractivity contribution in [2.24, 2.45) is 10.8 Å². The summed E-state index contributed by atoms with van der Waals surface area (Å²) < 4.78 is 76.2. The number of nitrogens with one attached hydrogen (secondary N) is 1. The summed E-state index contributed by atoms with van der Waals surface area (Å²) >= 11 is 0. The number of hydrogen-bond acceptors (Lipinski definition) is 11. The number of unbranched alkanes of at least 4 members (excludes halogenated alkanes) is 1. The van der Waals surface area contributed by atoms with Crippen molar-refractivity contribution in [3.05, 3.63) is 88.5 Å². The minimum Gasteiger partial charge on any atom is -0.467 e. The molecule has 2 aliphatic rings. The number of methoxy groups -OCH3 is 2. The van der Waals surface area contributed by atoms with E-state index >= 15 is 0 Å². The molecule has 0 amide bonds. The van der Waals surface area contributed by atoms with Crippen molar-refractivity contribution in [2.45, 2.75) is 65.6 Å². The average molecular weight is 744 g/mol. The van der Waals surface area contributed by atoms with Crippen molar-refractivity contribution >= 4 is 15.7 Å². The maximum atomic E-state index is 13.6. The molecule has 0 bridgehead atoms. The van der Waals surface area contributed by atoms with Gasteiger partial charge in [-0.05, 0) is 48.4 Å². The predicted molar refractivity (Wildman–Crippen MR) is 196 cm³/mol. The third-order valence-electron chi connectivity index (χ3n) is 8.82. The van der Waals surface area contributed by atoms with Crippen molar-refractivity contribution in [3.63, 3.8) is 0 Å². The molecule has 52 heavy (non-hydrogen) atoms. The Morgan fingerprint density at radius 3 is 1.69 bits per heavy atom.